The Morgan fingerprint density at radius 3 is 2.83 bits per heavy atom. The van der Waals surface area contributed by atoms with Crippen LogP contribution in [-0.2, 0) is 0 Å². The molecule has 1 aliphatic rings. The molecule has 0 spiro atoms. The van der Waals surface area contributed by atoms with Crippen LogP contribution < -0.4 is 10.1 Å². The number of carboxylic acid groups (broad SMARTS) is 1. The number of nitrogens with one attached hydrogen (secondary N) is 1. The number of rotatable bonds is 4. The van der Waals surface area contributed by atoms with Crippen molar-refractivity contribution in [3.8, 4) is 5.75 Å². The van der Waals surface area contributed by atoms with Gasteiger partial charge in [0.15, 0.2) is 0 Å². The molecule has 2 rings (SSSR count). The molecule has 1 fully saturated rings. The zero-order valence-corrected chi connectivity index (χ0v) is 9.99. The number of carboxylic acids is 1. The third-order valence-corrected chi connectivity index (χ3v) is 3.12. The summed E-state index contributed by atoms with van der Waals surface area (Å²) in [5.41, 5.74) is -0.383. The summed E-state index contributed by atoms with van der Waals surface area (Å²) in [7, 11) is 0. The van der Waals surface area contributed by atoms with E-state index in [1.807, 2.05) is 0 Å². The first kappa shape index (κ1) is 12.8. The summed E-state index contributed by atoms with van der Waals surface area (Å²) in [4.78, 5) is 11.0. The summed E-state index contributed by atoms with van der Waals surface area (Å²) >= 11 is 0. The van der Waals surface area contributed by atoms with Gasteiger partial charge in [0.05, 0.1) is 6.61 Å². The fraction of sp³-hybridized carbons (Fsp3) is 0.462. The van der Waals surface area contributed by atoms with E-state index in [4.69, 9.17) is 9.84 Å². The van der Waals surface area contributed by atoms with E-state index in [2.05, 4.69) is 5.32 Å². The van der Waals surface area contributed by atoms with Gasteiger partial charge in [0.25, 0.3) is 0 Å². The Hall–Kier alpha value is -1.62. The largest absolute Gasteiger partial charge is 0.492 e. The molecule has 0 radical (unpaired) electrons. The monoisotopic (exact) mass is 253 g/mol. The standard InChI is InChI=1S/C13H16FNO3/c14-10-2-1-3-11(12(10)13(16)17)18-8-9-4-6-15-7-5-9/h1-3,9,15H,4-8H2,(H,16,17). The summed E-state index contributed by atoms with van der Waals surface area (Å²) < 4.78 is 18.9. The lowest BCUT2D eigenvalue weighted by Crippen LogP contribution is -2.30. The molecule has 1 aromatic carbocycles. The van der Waals surface area contributed by atoms with Gasteiger partial charge in [-0.25, -0.2) is 9.18 Å². The second kappa shape index (κ2) is 5.82. The molecule has 98 valence electrons. The Bertz CT molecular complexity index is 430. The third-order valence-electron chi connectivity index (χ3n) is 3.12. The highest BCUT2D eigenvalue weighted by molar-refractivity contribution is 5.91. The number of hydrogen-bond donors (Lipinski definition) is 2. The molecule has 1 aliphatic heterocycles. The van der Waals surface area contributed by atoms with Crippen LogP contribution in [-0.4, -0.2) is 30.8 Å². The smallest absolute Gasteiger partial charge is 0.342 e. The summed E-state index contributed by atoms with van der Waals surface area (Å²) in [6, 6.07) is 4.08. The Morgan fingerprint density at radius 1 is 1.44 bits per heavy atom. The average Bonchev–Trinajstić information content (AvgIpc) is 2.37. The molecule has 0 atom stereocenters. The number of halogens is 1. The van der Waals surface area contributed by atoms with Gasteiger partial charge in [-0.05, 0) is 44.0 Å². The van der Waals surface area contributed by atoms with Gasteiger partial charge in [0.1, 0.15) is 17.1 Å². The average molecular weight is 253 g/mol. The molecule has 1 heterocycles. The van der Waals surface area contributed by atoms with E-state index in [0.717, 1.165) is 32.0 Å². The van der Waals surface area contributed by atoms with Crippen molar-refractivity contribution in [1.29, 1.82) is 0 Å². The van der Waals surface area contributed by atoms with Crippen molar-refractivity contribution in [3.63, 3.8) is 0 Å². The van der Waals surface area contributed by atoms with Crippen LogP contribution in [0.5, 0.6) is 5.75 Å². The molecule has 0 bridgehead atoms. The highest BCUT2D eigenvalue weighted by Gasteiger charge is 2.19. The quantitative estimate of drug-likeness (QED) is 0.860. The minimum atomic E-state index is -1.30. The second-order valence-electron chi connectivity index (χ2n) is 4.42. The number of benzene rings is 1. The number of hydrogen-bond acceptors (Lipinski definition) is 3. The van der Waals surface area contributed by atoms with Gasteiger partial charge in [0, 0.05) is 0 Å². The lowest BCUT2D eigenvalue weighted by molar-refractivity contribution is 0.0685. The normalized spacial score (nSPS) is 16.5. The zero-order valence-electron chi connectivity index (χ0n) is 9.99. The van der Waals surface area contributed by atoms with Gasteiger partial charge in [0.2, 0.25) is 0 Å². The lowest BCUT2D eigenvalue weighted by atomic mass is 9.99. The summed E-state index contributed by atoms with van der Waals surface area (Å²) in [5.74, 6) is -1.55. The molecule has 0 aromatic heterocycles. The molecule has 18 heavy (non-hydrogen) atoms. The van der Waals surface area contributed by atoms with Gasteiger partial charge in [-0.1, -0.05) is 6.07 Å². The minimum absolute atomic E-state index is 0.112. The van der Waals surface area contributed by atoms with Crippen LogP contribution in [0, 0.1) is 11.7 Å². The van der Waals surface area contributed by atoms with Crippen molar-refractivity contribution in [2.75, 3.05) is 19.7 Å². The maximum Gasteiger partial charge on any atom is 0.342 e. The molecule has 4 nitrogen and oxygen atoms in total. The molecular weight excluding hydrogens is 237 g/mol. The van der Waals surface area contributed by atoms with Crippen molar-refractivity contribution in [2.24, 2.45) is 5.92 Å². The van der Waals surface area contributed by atoms with Crippen molar-refractivity contribution in [3.05, 3.63) is 29.6 Å². The van der Waals surface area contributed by atoms with E-state index in [-0.39, 0.29) is 11.3 Å². The molecular formula is C13H16FNO3. The highest BCUT2D eigenvalue weighted by atomic mass is 19.1. The fourth-order valence-corrected chi connectivity index (χ4v) is 2.09. The van der Waals surface area contributed by atoms with Gasteiger partial charge in [-0.2, -0.15) is 0 Å². The molecule has 1 saturated heterocycles. The molecule has 0 saturated carbocycles. The van der Waals surface area contributed by atoms with Crippen molar-refractivity contribution in [2.45, 2.75) is 12.8 Å². The maximum atomic E-state index is 13.4. The Kier molecular flexibility index (Phi) is 4.15. The van der Waals surface area contributed by atoms with Gasteiger partial charge >= 0.3 is 5.97 Å². The fourth-order valence-electron chi connectivity index (χ4n) is 2.09. The second-order valence-corrected chi connectivity index (χ2v) is 4.42. The summed E-state index contributed by atoms with van der Waals surface area (Å²) in [6.07, 6.45) is 2.00. The van der Waals surface area contributed by atoms with E-state index in [1.165, 1.54) is 12.1 Å². The number of piperidine rings is 1. The first-order valence-electron chi connectivity index (χ1n) is 6.04. The molecule has 0 unspecified atom stereocenters. The highest BCUT2D eigenvalue weighted by Crippen LogP contribution is 2.23. The van der Waals surface area contributed by atoms with Crippen LogP contribution in [0.25, 0.3) is 0 Å². The Balaban J connectivity index is 2.04. The molecule has 5 heteroatoms. The summed E-state index contributed by atoms with van der Waals surface area (Å²) in [6.45, 7) is 2.33. The van der Waals surface area contributed by atoms with Crippen molar-refractivity contribution < 1.29 is 19.0 Å². The topological polar surface area (TPSA) is 58.6 Å². The predicted octanol–water partition coefficient (Wildman–Crippen LogP) is 1.90. The summed E-state index contributed by atoms with van der Waals surface area (Å²) in [5, 5.41) is 12.2. The number of carbonyl (C=O) groups is 1. The Morgan fingerprint density at radius 2 is 2.17 bits per heavy atom. The van der Waals surface area contributed by atoms with Gasteiger partial charge in [-0.15, -0.1) is 0 Å². The predicted molar refractivity (Wildman–Crippen MR) is 64.4 cm³/mol. The lowest BCUT2D eigenvalue weighted by Gasteiger charge is -2.23. The number of aromatic carboxylic acids is 1. The van der Waals surface area contributed by atoms with Crippen LogP contribution >= 0.6 is 0 Å². The molecule has 1 aromatic rings. The van der Waals surface area contributed by atoms with Gasteiger partial charge < -0.3 is 15.2 Å². The molecule has 2 N–H and O–H groups in total. The van der Waals surface area contributed by atoms with Crippen molar-refractivity contribution in [1.82, 2.24) is 5.32 Å². The van der Waals surface area contributed by atoms with E-state index in [0.29, 0.717) is 12.5 Å². The molecule has 0 aliphatic carbocycles. The van der Waals surface area contributed by atoms with Crippen LogP contribution in [0.4, 0.5) is 4.39 Å². The molecule has 0 amide bonds. The minimum Gasteiger partial charge on any atom is -0.492 e. The van der Waals surface area contributed by atoms with Crippen molar-refractivity contribution >= 4 is 5.97 Å². The van der Waals surface area contributed by atoms with E-state index in [9.17, 15) is 9.18 Å². The van der Waals surface area contributed by atoms with E-state index in [1.54, 1.807) is 0 Å². The maximum absolute atomic E-state index is 13.4. The third kappa shape index (κ3) is 2.98. The van der Waals surface area contributed by atoms with E-state index >= 15 is 0 Å². The van der Waals surface area contributed by atoms with Crippen LogP contribution in [0.1, 0.15) is 23.2 Å². The first-order chi connectivity index (χ1) is 8.68. The van der Waals surface area contributed by atoms with Crippen LogP contribution in [0.15, 0.2) is 18.2 Å². The number of ether oxygens (including phenoxy) is 1. The SMILES string of the molecule is O=C(O)c1c(F)cccc1OCC1CCNCC1. The van der Waals surface area contributed by atoms with Gasteiger partial charge in [-0.3, -0.25) is 0 Å². The first-order valence-corrected chi connectivity index (χ1v) is 6.04. The Labute approximate surface area is 105 Å². The van der Waals surface area contributed by atoms with Crippen LogP contribution in [0.3, 0.4) is 0 Å². The zero-order chi connectivity index (χ0) is 13.0. The van der Waals surface area contributed by atoms with E-state index < -0.39 is 11.8 Å². The van der Waals surface area contributed by atoms with Crippen LogP contribution in [0.2, 0.25) is 0 Å².